The van der Waals surface area contributed by atoms with Gasteiger partial charge in [-0.05, 0) is 23.3 Å². The van der Waals surface area contributed by atoms with Crippen molar-refractivity contribution >= 4 is 35.0 Å². The number of carbonyl (C=O) groups excluding carboxylic acids is 2. The molecule has 0 radical (unpaired) electrons. The Morgan fingerprint density at radius 1 is 0.885 bits per heavy atom. The summed E-state index contributed by atoms with van der Waals surface area (Å²) in [6.45, 7) is 0. The third-order valence-electron chi connectivity index (χ3n) is 3.92. The molecule has 0 saturated carbocycles. The molecule has 0 N–H and O–H groups in total. The smallest absolute Gasteiger partial charge is 0.356 e. The van der Waals surface area contributed by atoms with Crippen LogP contribution < -0.4 is 0 Å². The highest BCUT2D eigenvalue weighted by molar-refractivity contribution is 6.09. The summed E-state index contributed by atoms with van der Waals surface area (Å²) in [5.41, 5.74) is 2.68. The molecule has 3 rings (SSSR count). The zero-order valence-corrected chi connectivity index (χ0v) is 14.4. The number of rotatable bonds is 4. The summed E-state index contributed by atoms with van der Waals surface area (Å²) in [6, 6.07) is 16.7. The molecule has 0 aliphatic carbocycles. The number of fused-ring (bicyclic) bond motifs is 1. The molecular weight excluding hydrogens is 330 g/mol. The first-order chi connectivity index (χ1) is 12.6. The molecule has 0 aliphatic rings. The van der Waals surface area contributed by atoms with Crippen LogP contribution in [0.5, 0.6) is 0 Å². The fourth-order valence-electron chi connectivity index (χ4n) is 2.68. The Kier molecular flexibility index (Phi) is 5.08. The lowest BCUT2D eigenvalue weighted by molar-refractivity contribution is 0.0594. The summed E-state index contributed by atoms with van der Waals surface area (Å²) in [7, 11) is 2.57. The van der Waals surface area contributed by atoms with E-state index in [1.807, 2.05) is 54.6 Å². The van der Waals surface area contributed by atoms with Crippen LogP contribution in [-0.4, -0.2) is 31.1 Å². The second-order valence-corrected chi connectivity index (χ2v) is 5.52. The van der Waals surface area contributed by atoms with Crippen LogP contribution in [0.15, 0.2) is 54.6 Å². The maximum atomic E-state index is 12.3. The van der Waals surface area contributed by atoms with Crippen LogP contribution >= 0.6 is 0 Å². The van der Waals surface area contributed by atoms with E-state index in [1.54, 1.807) is 6.07 Å². The van der Waals surface area contributed by atoms with E-state index in [4.69, 9.17) is 9.47 Å². The van der Waals surface area contributed by atoms with Gasteiger partial charge in [-0.15, -0.1) is 0 Å². The standard InChI is InChI=1S/C21H17NO4/c1-25-20(23)16-13-18(21(24)26-2)22-17-10-6-9-15(19(16)17)12-11-14-7-4-3-5-8-14/h3-13H,1-2H3/b12-11+. The Bertz CT molecular complexity index is 994. The van der Waals surface area contributed by atoms with Gasteiger partial charge < -0.3 is 9.47 Å². The SMILES string of the molecule is COC(=O)c1cc(C(=O)OC)c2c(/C=C/c3ccccc3)cccc2n1. The Hall–Kier alpha value is -3.47. The molecule has 0 bridgehead atoms. The number of benzene rings is 2. The van der Waals surface area contributed by atoms with Gasteiger partial charge in [0.1, 0.15) is 5.69 Å². The van der Waals surface area contributed by atoms with Crippen molar-refractivity contribution in [1.82, 2.24) is 4.98 Å². The van der Waals surface area contributed by atoms with Crippen molar-refractivity contribution in [3.8, 4) is 0 Å². The summed E-state index contributed by atoms with van der Waals surface area (Å²) in [6.07, 6.45) is 3.85. The van der Waals surface area contributed by atoms with Crippen LogP contribution in [0, 0.1) is 0 Å². The first-order valence-electron chi connectivity index (χ1n) is 7.97. The van der Waals surface area contributed by atoms with Gasteiger partial charge in [-0.25, -0.2) is 14.6 Å². The van der Waals surface area contributed by atoms with Gasteiger partial charge in [-0.3, -0.25) is 0 Å². The quantitative estimate of drug-likeness (QED) is 0.528. The van der Waals surface area contributed by atoms with Crippen LogP contribution in [-0.2, 0) is 9.47 Å². The Labute approximate surface area is 150 Å². The van der Waals surface area contributed by atoms with Gasteiger partial charge in [0.2, 0.25) is 0 Å². The third-order valence-corrected chi connectivity index (χ3v) is 3.92. The summed E-state index contributed by atoms with van der Waals surface area (Å²) >= 11 is 0. The second-order valence-electron chi connectivity index (χ2n) is 5.52. The van der Waals surface area contributed by atoms with Crippen molar-refractivity contribution in [2.45, 2.75) is 0 Å². The first-order valence-corrected chi connectivity index (χ1v) is 7.97. The summed E-state index contributed by atoms with van der Waals surface area (Å²) < 4.78 is 9.61. The largest absolute Gasteiger partial charge is 0.465 e. The van der Waals surface area contributed by atoms with E-state index in [-0.39, 0.29) is 11.3 Å². The summed E-state index contributed by atoms with van der Waals surface area (Å²) in [5.74, 6) is -1.15. The van der Waals surface area contributed by atoms with Crippen LogP contribution in [0.3, 0.4) is 0 Å². The van der Waals surface area contributed by atoms with Crippen molar-refractivity contribution in [1.29, 1.82) is 0 Å². The zero-order chi connectivity index (χ0) is 18.5. The van der Waals surface area contributed by atoms with Crippen molar-refractivity contribution in [2.75, 3.05) is 14.2 Å². The van der Waals surface area contributed by atoms with E-state index >= 15 is 0 Å². The molecule has 26 heavy (non-hydrogen) atoms. The molecular formula is C21H17NO4. The van der Waals surface area contributed by atoms with Gasteiger partial charge in [-0.2, -0.15) is 0 Å². The predicted octanol–water partition coefficient (Wildman–Crippen LogP) is 3.98. The van der Waals surface area contributed by atoms with Gasteiger partial charge in [-0.1, -0.05) is 54.6 Å². The monoisotopic (exact) mass is 347 g/mol. The molecule has 0 fully saturated rings. The Morgan fingerprint density at radius 2 is 1.62 bits per heavy atom. The average Bonchev–Trinajstić information content (AvgIpc) is 2.70. The van der Waals surface area contributed by atoms with Gasteiger partial charge in [0.05, 0.1) is 25.3 Å². The van der Waals surface area contributed by atoms with Gasteiger partial charge >= 0.3 is 11.9 Å². The van der Waals surface area contributed by atoms with Gasteiger partial charge in [0.25, 0.3) is 0 Å². The number of aromatic nitrogens is 1. The van der Waals surface area contributed by atoms with E-state index < -0.39 is 11.9 Å². The molecule has 1 heterocycles. The lowest BCUT2D eigenvalue weighted by atomic mass is 10.0. The van der Waals surface area contributed by atoms with Crippen molar-refractivity contribution in [3.63, 3.8) is 0 Å². The van der Waals surface area contributed by atoms with Crippen molar-refractivity contribution < 1.29 is 19.1 Å². The topological polar surface area (TPSA) is 65.5 Å². The van der Waals surface area contributed by atoms with Gasteiger partial charge in [0, 0.05) is 5.39 Å². The van der Waals surface area contributed by atoms with E-state index in [9.17, 15) is 9.59 Å². The molecule has 5 heteroatoms. The van der Waals surface area contributed by atoms with Crippen molar-refractivity contribution in [3.05, 3.63) is 77.0 Å². The van der Waals surface area contributed by atoms with Crippen LogP contribution in [0.2, 0.25) is 0 Å². The zero-order valence-electron chi connectivity index (χ0n) is 14.4. The maximum Gasteiger partial charge on any atom is 0.356 e. The normalized spacial score (nSPS) is 10.8. The lowest BCUT2D eigenvalue weighted by Gasteiger charge is -2.10. The fourth-order valence-corrected chi connectivity index (χ4v) is 2.68. The number of hydrogen-bond acceptors (Lipinski definition) is 5. The van der Waals surface area contributed by atoms with Crippen LogP contribution in [0.25, 0.3) is 23.1 Å². The summed E-state index contributed by atoms with van der Waals surface area (Å²) in [5, 5.41) is 0.624. The molecule has 1 aromatic heterocycles. The number of pyridine rings is 1. The number of methoxy groups -OCH3 is 2. The molecule has 0 saturated heterocycles. The third kappa shape index (κ3) is 3.47. The lowest BCUT2D eigenvalue weighted by Crippen LogP contribution is -2.10. The van der Waals surface area contributed by atoms with Crippen molar-refractivity contribution in [2.24, 2.45) is 0 Å². The molecule has 0 aliphatic heterocycles. The average molecular weight is 347 g/mol. The molecule has 0 spiro atoms. The number of hydrogen-bond donors (Lipinski definition) is 0. The number of ether oxygens (including phenoxy) is 2. The fraction of sp³-hybridized carbons (Fsp3) is 0.0952. The second kappa shape index (κ2) is 7.61. The molecule has 0 unspecified atom stereocenters. The molecule has 130 valence electrons. The summed E-state index contributed by atoms with van der Waals surface area (Å²) in [4.78, 5) is 28.5. The Morgan fingerprint density at radius 3 is 2.31 bits per heavy atom. The molecule has 2 aromatic carbocycles. The highest BCUT2D eigenvalue weighted by Gasteiger charge is 2.19. The number of esters is 2. The number of carbonyl (C=O) groups is 2. The minimum atomic E-state index is -0.609. The highest BCUT2D eigenvalue weighted by atomic mass is 16.5. The van der Waals surface area contributed by atoms with Crippen LogP contribution in [0.1, 0.15) is 32.0 Å². The molecule has 5 nitrogen and oxygen atoms in total. The van der Waals surface area contributed by atoms with E-state index in [0.717, 1.165) is 11.1 Å². The molecule has 0 amide bonds. The highest BCUT2D eigenvalue weighted by Crippen LogP contribution is 2.25. The minimum Gasteiger partial charge on any atom is -0.465 e. The van der Waals surface area contributed by atoms with E-state index in [1.165, 1.54) is 20.3 Å². The Balaban J connectivity index is 2.20. The predicted molar refractivity (Wildman–Crippen MR) is 99.8 cm³/mol. The molecule has 3 aromatic rings. The number of nitrogens with zero attached hydrogens (tertiary/aromatic N) is 1. The minimum absolute atomic E-state index is 0.0598. The maximum absolute atomic E-state index is 12.3. The van der Waals surface area contributed by atoms with Crippen LogP contribution in [0.4, 0.5) is 0 Å². The van der Waals surface area contributed by atoms with E-state index in [2.05, 4.69) is 4.98 Å². The van der Waals surface area contributed by atoms with E-state index in [0.29, 0.717) is 10.9 Å². The van der Waals surface area contributed by atoms with Gasteiger partial charge in [0.15, 0.2) is 0 Å². The molecule has 0 atom stereocenters. The first kappa shape index (κ1) is 17.4.